The van der Waals surface area contributed by atoms with Crippen molar-refractivity contribution < 1.29 is 5.11 Å². The van der Waals surface area contributed by atoms with Gasteiger partial charge >= 0.3 is 0 Å². The van der Waals surface area contributed by atoms with Gasteiger partial charge in [0.15, 0.2) is 0 Å². The molecule has 0 rings (SSSR count). The number of rotatable bonds is 7. The Labute approximate surface area is 81.1 Å². The minimum Gasteiger partial charge on any atom is -0.396 e. The van der Waals surface area contributed by atoms with Crippen LogP contribution in [-0.2, 0) is 0 Å². The standard InChI is InChI=1S/C10H21ClO/c1-10(2,9-11)7-5-3-4-6-8-12/h12H,3-9H2,1-2H3. The van der Waals surface area contributed by atoms with Crippen LogP contribution in [-0.4, -0.2) is 17.6 Å². The molecule has 0 heterocycles. The van der Waals surface area contributed by atoms with Gasteiger partial charge in [0.05, 0.1) is 0 Å². The van der Waals surface area contributed by atoms with Crippen molar-refractivity contribution in [3.8, 4) is 0 Å². The molecule has 0 aliphatic carbocycles. The lowest BCUT2D eigenvalue weighted by atomic mass is 9.89. The third-order valence-corrected chi connectivity index (χ3v) is 2.85. The molecule has 0 saturated carbocycles. The van der Waals surface area contributed by atoms with Gasteiger partial charge in [-0.15, -0.1) is 11.6 Å². The molecule has 0 atom stereocenters. The molecule has 0 saturated heterocycles. The first-order valence-corrected chi connectivity index (χ1v) is 5.33. The van der Waals surface area contributed by atoms with Crippen molar-refractivity contribution in [1.82, 2.24) is 0 Å². The SMILES string of the molecule is CC(C)(CCl)CCCCCCO. The van der Waals surface area contributed by atoms with Crippen molar-refractivity contribution in [2.45, 2.75) is 46.0 Å². The normalized spacial score (nSPS) is 12.0. The van der Waals surface area contributed by atoms with Gasteiger partial charge in [0.2, 0.25) is 0 Å². The molecule has 0 radical (unpaired) electrons. The van der Waals surface area contributed by atoms with Gasteiger partial charge in [0.25, 0.3) is 0 Å². The van der Waals surface area contributed by atoms with Gasteiger partial charge in [0.1, 0.15) is 0 Å². The average Bonchev–Trinajstić information content (AvgIpc) is 2.04. The van der Waals surface area contributed by atoms with Gasteiger partial charge in [-0.25, -0.2) is 0 Å². The second-order valence-corrected chi connectivity index (χ2v) is 4.45. The molecule has 74 valence electrons. The third kappa shape index (κ3) is 6.93. The molecule has 0 aliphatic rings. The summed E-state index contributed by atoms with van der Waals surface area (Å²) in [6.45, 7) is 4.73. The van der Waals surface area contributed by atoms with E-state index < -0.39 is 0 Å². The number of alkyl halides is 1. The summed E-state index contributed by atoms with van der Waals surface area (Å²) in [7, 11) is 0. The van der Waals surface area contributed by atoms with E-state index in [1.54, 1.807) is 0 Å². The van der Waals surface area contributed by atoms with Crippen LogP contribution in [0.1, 0.15) is 46.0 Å². The summed E-state index contributed by atoms with van der Waals surface area (Å²) in [4.78, 5) is 0. The molecule has 2 heteroatoms. The number of hydrogen-bond donors (Lipinski definition) is 1. The second kappa shape index (κ2) is 6.73. The van der Waals surface area contributed by atoms with Crippen LogP contribution in [0.3, 0.4) is 0 Å². The fourth-order valence-corrected chi connectivity index (χ4v) is 1.27. The van der Waals surface area contributed by atoms with Crippen LogP contribution >= 0.6 is 11.6 Å². The number of halogens is 1. The largest absolute Gasteiger partial charge is 0.396 e. The zero-order chi connectivity index (χ0) is 9.45. The summed E-state index contributed by atoms with van der Waals surface area (Å²) < 4.78 is 0. The van der Waals surface area contributed by atoms with E-state index in [0.717, 1.165) is 18.7 Å². The fraction of sp³-hybridized carbons (Fsp3) is 1.00. The number of aliphatic hydroxyl groups is 1. The molecule has 0 bridgehead atoms. The topological polar surface area (TPSA) is 20.2 Å². The Kier molecular flexibility index (Phi) is 6.87. The molecule has 1 nitrogen and oxygen atoms in total. The maximum absolute atomic E-state index is 8.55. The van der Waals surface area contributed by atoms with Crippen molar-refractivity contribution in [3.05, 3.63) is 0 Å². The van der Waals surface area contributed by atoms with Crippen LogP contribution in [0.15, 0.2) is 0 Å². The Morgan fingerprint density at radius 1 is 1.08 bits per heavy atom. The molecule has 0 aromatic carbocycles. The first-order valence-electron chi connectivity index (χ1n) is 4.79. The highest BCUT2D eigenvalue weighted by Gasteiger charge is 2.14. The second-order valence-electron chi connectivity index (χ2n) is 4.19. The monoisotopic (exact) mass is 192 g/mol. The molecule has 0 spiro atoms. The van der Waals surface area contributed by atoms with Crippen molar-refractivity contribution >= 4 is 11.6 Å². The van der Waals surface area contributed by atoms with Crippen LogP contribution in [0.4, 0.5) is 0 Å². The first-order chi connectivity index (χ1) is 5.62. The number of hydrogen-bond acceptors (Lipinski definition) is 1. The summed E-state index contributed by atoms with van der Waals surface area (Å²) in [6.07, 6.45) is 5.75. The predicted molar refractivity (Wildman–Crippen MR) is 54.7 cm³/mol. The summed E-state index contributed by atoms with van der Waals surface area (Å²) in [6, 6.07) is 0. The summed E-state index contributed by atoms with van der Waals surface area (Å²) in [5.74, 6) is 0.743. The molecule has 0 unspecified atom stereocenters. The smallest absolute Gasteiger partial charge is 0.0431 e. The Morgan fingerprint density at radius 3 is 2.17 bits per heavy atom. The number of aliphatic hydroxyl groups excluding tert-OH is 1. The van der Waals surface area contributed by atoms with Gasteiger partial charge in [-0.3, -0.25) is 0 Å². The summed E-state index contributed by atoms with van der Waals surface area (Å²) >= 11 is 5.79. The van der Waals surface area contributed by atoms with Crippen LogP contribution in [0.5, 0.6) is 0 Å². The lowest BCUT2D eigenvalue weighted by Gasteiger charge is -2.20. The molecule has 0 amide bonds. The lowest BCUT2D eigenvalue weighted by molar-refractivity contribution is 0.279. The van der Waals surface area contributed by atoms with E-state index >= 15 is 0 Å². The zero-order valence-corrected chi connectivity index (χ0v) is 9.03. The predicted octanol–water partition coefficient (Wildman–Crippen LogP) is 3.19. The first kappa shape index (κ1) is 12.2. The molecule has 0 aromatic heterocycles. The minimum absolute atomic E-state index is 0.292. The van der Waals surface area contributed by atoms with Gasteiger partial charge in [-0.1, -0.05) is 33.1 Å². The Hall–Kier alpha value is 0.250. The molecule has 0 aliphatic heterocycles. The van der Waals surface area contributed by atoms with Crippen LogP contribution in [0, 0.1) is 5.41 Å². The van der Waals surface area contributed by atoms with Crippen molar-refractivity contribution in [3.63, 3.8) is 0 Å². The molecule has 12 heavy (non-hydrogen) atoms. The summed E-state index contributed by atoms with van der Waals surface area (Å²) in [5, 5.41) is 8.55. The molecular formula is C10H21ClO. The Morgan fingerprint density at radius 2 is 1.67 bits per heavy atom. The van der Waals surface area contributed by atoms with Gasteiger partial charge in [-0.2, -0.15) is 0 Å². The minimum atomic E-state index is 0.292. The van der Waals surface area contributed by atoms with Gasteiger partial charge < -0.3 is 5.11 Å². The van der Waals surface area contributed by atoms with E-state index in [1.165, 1.54) is 19.3 Å². The third-order valence-electron chi connectivity index (χ3n) is 2.12. The van der Waals surface area contributed by atoms with Crippen molar-refractivity contribution in [1.29, 1.82) is 0 Å². The molecule has 0 aromatic rings. The maximum Gasteiger partial charge on any atom is 0.0431 e. The van der Waals surface area contributed by atoms with Crippen LogP contribution in [0.2, 0.25) is 0 Å². The lowest BCUT2D eigenvalue weighted by Crippen LogP contribution is -2.12. The quantitative estimate of drug-likeness (QED) is 0.485. The number of unbranched alkanes of at least 4 members (excludes halogenated alkanes) is 3. The van der Waals surface area contributed by atoms with Crippen LogP contribution in [0.25, 0.3) is 0 Å². The highest BCUT2D eigenvalue weighted by Crippen LogP contribution is 2.24. The maximum atomic E-state index is 8.55. The average molecular weight is 193 g/mol. The Balaban J connectivity index is 3.19. The van der Waals surface area contributed by atoms with Crippen LogP contribution < -0.4 is 0 Å². The van der Waals surface area contributed by atoms with E-state index in [-0.39, 0.29) is 0 Å². The molecule has 1 N–H and O–H groups in total. The highest BCUT2D eigenvalue weighted by atomic mass is 35.5. The fourth-order valence-electron chi connectivity index (χ4n) is 1.14. The van der Waals surface area contributed by atoms with E-state index in [1.807, 2.05) is 0 Å². The van der Waals surface area contributed by atoms with E-state index in [0.29, 0.717) is 12.0 Å². The summed E-state index contributed by atoms with van der Waals surface area (Å²) in [5.41, 5.74) is 0.292. The molecule has 0 fully saturated rings. The van der Waals surface area contributed by atoms with E-state index in [2.05, 4.69) is 13.8 Å². The van der Waals surface area contributed by atoms with Crippen molar-refractivity contribution in [2.75, 3.05) is 12.5 Å². The van der Waals surface area contributed by atoms with Gasteiger partial charge in [-0.05, 0) is 18.3 Å². The van der Waals surface area contributed by atoms with Gasteiger partial charge in [0, 0.05) is 12.5 Å². The highest BCUT2D eigenvalue weighted by molar-refractivity contribution is 6.18. The Bertz CT molecular complexity index is 102. The van der Waals surface area contributed by atoms with E-state index in [9.17, 15) is 0 Å². The zero-order valence-electron chi connectivity index (χ0n) is 8.27. The molecular weight excluding hydrogens is 172 g/mol. The van der Waals surface area contributed by atoms with E-state index in [4.69, 9.17) is 16.7 Å². The van der Waals surface area contributed by atoms with Crippen molar-refractivity contribution in [2.24, 2.45) is 5.41 Å².